The molecular formula is C20H34O. The number of hydrogen-bond acceptors (Lipinski definition) is 1. The summed E-state index contributed by atoms with van der Waals surface area (Å²) in [6.45, 7) is 14.5. The van der Waals surface area contributed by atoms with Crippen molar-refractivity contribution in [2.24, 2.45) is 5.92 Å². The first-order valence-electron chi connectivity index (χ1n) is 8.72. The van der Waals surface area contributed by atoms with Crippen LogP contribution in [0.2, 0.25) is 0 Å². The van der Waals surface area contributed by atoms with Crippen LogP contribution in [0.1, 0.15) is 78.4 Å². The number of hydrogen-bond donors (Lipinski definition) is 0. The van der Waals surface area contributed by atoms with Gasteiger partial charge in [0.2, 0.25) is 0 Å². The van der Waals surface area contributed by atoms with Gasteiger partial charge in [-0.05, 0) is 60.3 Å². The van der Waals surface area contributed by atoms with E-state index in [0.717, 1.165) is 25.2 Å². The van der Waals surface area contributed by atoms with Crippen molar-refractivity contribution in [2.75, 3.05) is 6.61 Å². The molecule has 0 saturated carbocycles. The lowest BCUT2D eigenvalue weighted by Gasteiger charge is -2.28. The van der Waals surface area contributed by atoms with E-state index < -0.39 is 0 Å². The largest absolute Gasteiger partial charge is 0.494 e. The van der Waals surface area contributed by atoms with Crippen molar-refractivity contribution >= 4 is 0 Å². The average Bonchev–Trinajstić information content (AvgIpc) is 2.46. The van der Waals surface area contributed by atoms with Gasteiger partial charge in [0.1, 0.15) is 5.75 Å². The molecule has 1 rings (SSSR count). The van der Waals surface area contributed by atoms with E-state index in [9.17, 15) is 0 Å². The zero-order chi connectivity index (χ0) is 15.9. The molecule has 0 aromatic heterocycles. The summed E-state index contributed by atoms with van der Waals surface area (Å²) in [6, 6.07) is 6.90. The van der Waals surface area contributed by atoms with Gasteiger partial charge in [0.15, 0.2) is 0 Å². The van der Waals surface area contributed by atoms with Crippen LogP contribution in [0.3, 0.4) is 0 Å². The summed E-state index contributed by atoms with van der Waals surface area (Å²) >= 11 is 0. The Morgan fingerprint density at radius 2 is 1.71 bits per heavy atom. The van der Waals surface area contributed by atoms with Gasteiger partial charge in [-0.1, -0.05) is 54.0 Å². The van der Waals surface area contributed by atoms with E-state index in [-0.39, 0.29) is 5.41 Å². The van der Waals surface area contributed by atoms with Gasteiger partial charge in [-0.15, -0.1) is 0 Å². The molecule has 1 nitrogen and oxygen atoms in total. The van der Waals surface area contributed by atoms with Crippen molar-refractivity contribution in [1.82, 2.24) is 0 Å². The Kier molecular flexibility index (Phi) is 7.28. The third kappa shape index (κ3) is 5.37. The van der Waals surface area contributed by atoms with Gasteiger partial charge in [0.25, 0.3) is 0 Å². The molecule has 0 aliphatic heterocycles. The minimum atomic E-state index is 0.264. The van der Waals surface area contributed by atoms with Crippen molar-refractivity contribution in [3.05, 3.63) is 29.3 Å². The Bertz CT molecular complexity index is 416. The second-order valence-electron chi connectivity index (χ2n) is 6.91. The summed E-state index contributed by atoms with van der Waals surface area (Å²) in [4.78, 5) is 0. The molecule has 0 unspecified atom stereocenters. The minimum Gasteiger partial charge on any atom is -0.494 e. The molecule has 1 heteroatoms. The van der Waals surface area contributed by atoms with Crippen LogP contribution in [0, 0.1) is 5.92 Å². The second-order valence-corrected chi connectivity index (χ2v) is 6.91. The fourth-order valence-electron chi connectivity index (χ4n) is 2.60. The van der Waals surface area contributed by atoms with Crippen LogP contribution in [-0.4, -0.2) is 6.61 Å². The average molecular weight is 290 g/mol. The molecule has 0 aliphatic carbocycles. The molecule has 0 radical (unpaired) electrons. The molecule has 0 N–H and O–H groups in total. The van der Waals surface area contributed by atoms with Crippen LogP contribution in [0.4, 0.5) is 0 Å². The van der Waals surface area contributed by atoms with Gasteiger partial charge in [-0.2, -0.15) is 0 Å². The van der Waals surface area contributed by atoms with Crippen LogP contribution in [0.5, 0.6) is 5.75 Å². The molecule has 0 amide bonds. The molecule has 0 atom stereocenters. The summed E-state index contributed by atoms with van der Waals surface area (Å²) in [7, 11) is 0. The summed E-state index contributed by atoms with van der Waals surface area (Å²) < 4.78 is 6.03. The third-order valence-corrected chi connectivity index (χ3v) is 4.73. The van der Waals surface area contributed by atoms with E-state index in [4.69, 9.17) is 4.74 Å². The standard InChI is InChI=1S/C20H34O/c1-7-10-17-13-18(20(6,8-2)9-3)15-19(14-17)21-12-11-16(4)5/h13-16H,7-12H2,1-6H3. The molecule has 0 spiro atoms. The maximum Gasteiger partial charge on any atom is 0.119 e. The highest BCUT2D eigenvalue weighted by atomic mass is 16.5. The Morgan fingerprint density at radius 1 is 1.05 bits per heavy atom. The molecule has 1 aromatic rings. The van der Waals surface area contributed by atoms with Crippen LogP contribution < -0.4 is 4.74 Å². The van der Waals surface area contributed by atoms with E-state index in [1.54, 1.807) is 0 Å². The van der Waals surface area contributed by atoms with Gasteiger partial charge in [-0.3, -0.25) is 0 Å². The third-order valence-electron chi connectivity index (χ3n) is 4.73. The Morgan fingerprint density at radius 3 is 2.24 bits per heavy atom. The molecule has 120 valence electrons. The normalized spacial score (nSPS) is 12.0. The lowest BCUT2D eigenvalue weighted by molar-refractivity contribution is 0.288. The molecule has 0 aliphatic rings. The number of rotatable bonds is 9. The fraction of sp³-hybridized carbons (Fsp3) is 0.700. The molecule has 21 heavy (non-hydrogen) atoms. The van der Waals surface area contributed by atoms with Gasteiger partial charge in [-0.25, -0.2) is 0 Å². The summed E-state index contributed by atoms with van der Waals surface area (Å²) in [5.74, 6) is 1.75. The SMILES string of the molecule is CCCc1cc(OCCC(C)C)cc(C(C)(CC)CC)c1. The topological polar surface area (TPSA) is 9.23 Å². The first-order valence-corrected chi connectivity index (χ1v) is 8.72. The molecule has 0 heterocycles. The lowest BCUT2D eigenvalue weighted by Crippen LogP contribution is -2.20. The van der Waals surface area contributed by atoms with E-state index in [2.05, 4.69) is 59.7 Å². The summed E-state index contributed by atoms with van der Waals surface area (Å²) in [5.41, 5.74) is 3.13. The first-order chi connectivity index (χ1) is 9.95. The van der Waals surface area contributed by atoms with E-state index in [0.29, 0.717) is 5.92 Å². The number of aryl methyl sites for hydroxylation is 1. The first kappa shape index (κ1) is 18.1. The highest BCUT2D eigenvalue weighted by Gasteiger charge is 2.23. The Labute approximate surface area is 132 Å². The van der Waals surface area contributed by atoms with E-state index >= 15 is 0 Å². The van der Waals surface area contributed by atoms with E-state index in [1.165, 1.54) is 30.4 Å². The fourth-order valence-corrected chi connectivity index (χ4v) is 2.60. The van der Waals surface area contributed by atoms with Crippen LogP contribution in [-0.2, 0) is 11.8 Å². The van der Waals surface area contributed by atoms with Crippen molar-refractivity contribution in [3.63, 3.8) is 0 Å². The Balaban J connectivity index is 2.99. The van der Waals surface area contributed by atoms with Crippen LogP contribution >= 0.6 is 0 Å². The molecule has 0 fully saturated rings. The quantitative estimate of drug-likeness (QED) is 0.530. The van der Waals surface area contributed by atoms with Crippen molar-refractivity contribution in [3.8, 4) is 5.75 Å². The summed E-state index contributed by atoms with van der Waals surface area (Å²) in [5, 5.41) is 0. The maximum atomic E-state index is 6.03. The summed E-state index contributed by atoms with van der Waals surface area (Å²) in [6.07, 6.45) is 5.78. The monoisotopic (exact) mass is 290 g/mol. The zero-order valence-electron chi connectivity index (χ0n) is 15.0. The lowest BCUT2D eigenvalue weighted by atomic mass is 9.77. The zero-order valence-corrected chi connectivity index (χ0v) is 15.0. The number of benzene rings is 1. The van der Waals surface area contributed by atoms with E-state index in [1.807, 2.05) is 0 Å². The second kappa shape index (κ2) is 8.46. The van der Waals surface area contributed by atoms with Crippen molar-refractivity contribution < 1.29 is 4.74 Å². The van der Waals surface area contributed by atoms with Gasteiger partial charge in [0.05, 0.1) is 6.61 Å². The highest BCUT2D eigenvalue weighted by molar-refractivity contribution is 5.38. The minimum absolute atomic E-state index is 0.264. The maximum absolute atomic E-state index is 6.03. The van der Waals surface area contributed by atoms with Gasteiger partial charge >= 0.3 is 0 Å². The molecule has 0 saturated heterocycles. The molecular weight excluding hydrogens is 256 g/mol. The smallest absolute Gasteiger partial charge is 0.119 e. The van der Waals surface area contributed by atoms with Crippen molar-refractivity contribution in [1.29, 1.82) is 0 Å². The number of ether oxygens (including phenoxy) is 1. The van der Waals surface area contributed by atoms with Crippen molar-refractivity contribution in [2.45, 2.75) is 79.1 Å². The molecule has 1 aromatic carbocycles. The van der Waals surface area contributed by atoms with Gasteiger partial charge < -0.3 is 4.74 Å². The molecule has 0 bridgehead atoms. The predicted octanol–water partition coefficient (Wildman–Crippen LogP) is 6.14. The van der Waals surface area contributed by atoms with Crippen LogP contribution in [0.25, 0.3) is 0 Å². The highest BCUT2D eigenvalue weighted by Crippen LogP contribution is 2.34. The predicted molar refractivity (Wildman–Crippen MR) is 93.3 cm³/mol. The Hall–Kier alpha value is -0.980. The van der Waals surface area contributed by atoms with Gasteiger partial charge in [0, 0.05) is 0 Å². The van der Waals surface area contributed by atoms with Crippen LogP contribution in [0.15, 0.2) is 18.2 Å².